The summed E-state index contributed by atoms with van der Waals surface area (Å²) in [6, 6.07) is 6.99. The van der Waals surface area contributed by atoms with Crippen LogP contribution >= 0.6 is 0 Å². The summed E-state index contributed by atoms with van der Waals surface area (Å²) in [6.07, 6.45) is 5.30. The first-order chi connectivity index (χ1) is 8.95. The van der Waals surface area contributed by atoms with Crippen LogP contribution in [0.3, 0.4) is 0 Å². The predicted octanol–water partition coefficient (Wildman–Crippen LogP) is 2.05. The van der Waals surface area contributed by atoms with Gasteiger partial charge in [0, 0.05) is 17.8 Å². The fourth-order valence-corrected chi connectivity index (χ4v) is 1.69. The van der Waals surface area contributed by atoms with E-state index in [1.807, 2.05) is 4.90 Å². The van der Waals surface area contributed by atoms with E-state index in [1.165, 1.54) is 6.92 Å². The Labute approximate surface area is 113 Å². The molecule has 1 unspecified atom stereocenters. The topological polar surface area (TPSA) is 57.6 Å². The molecule has 0 bridgehead atoms. The minimum Gasteiger partial charge on any atom is -0.481 e. The fraction of sp³-hybridized carbons (Fsp3) is 0.333. The summed E-state index contributed by atoms with van der Waals surface area (Å²) in [5.41, 5.74) is 1.44. The molecule has 100 valence electrons. The van der Waals surface area contributed by atoms with Crippen molar-refractivity contribution < 1.29 is 14.7 Å². The second-order valence-corrected chi connectivity index (χ2v) is 4.43. The number of anilines is 1. The molecule has 0 aliphatic rings. The number of aliphatic carboxylic acids is 1. The lowest BCUT2D eigenvalue weighted by Gasteiger charge is -2.24. The van der Waals surface area contributed by atoms with E-state index in [-0.39, 0.29) is 5.78 Å². The van der Waals surface area contributed by atoms with E-state index in [9.17, 15) is 9.59 Å². The number of carbonyl (C=O) groups is 2. The number of ketones is 1. The molecule has 0 aliphatic carbocycles. The molecule has 4 nitrogen and oxygen atoms in total. The lowest BCUT2D eigenvalue weighted by atomic mass is 10.1. The van der Waals surface area contributed by atoms with Gasteiger partial charge in [-0.05, 0) is 31.2 Å². The normalized spacial score (nSPS) is 11.4. The molecule has 1 atom stereocenters. The van der Waals surface area contributed by atoms with Gasteiger partial charge in [-0.25, -0.2) is 0 Å². The highest BCUT2D eigenvalue weighted by Gasteiger charge is 2.16. The molecule has 0 heterocycles. The number of carboxylic acid groups (broad SMARTS) is 1. The SMILES string of the molecule is C#CCN(CC(C)C(=O)O)c1ccc(C(C)=O)cc1. The van der Waals surface area contributed by atoms with Crippen LogP contribution in [0.2, 0.25) is 0 Å². The van der Waals surface area contributed by atoms with E-state index in [0.29, 0.717) is 18.7 Å². The minimum absolute atomic E-state index is 0.00560. The van der Waals surface area contributed by atoms with Crippen molar-refractivity contribution in [2.75, 3.05) is 18.0 Å². The molecule has 19 heavy (non-hydrogen) atoms. The molecule has 1 rings (SSSR count). The fourth-order valence-electron chi connectivity index (χ4n) is 1.69. The molecule has 0 saturated heterocycles. The molecular weight excluding hydrogens is 242 g/mol. The standard InChI is InChI=1S/C15H17NO3/c1-4-9-16(10-11(2)15(18)19)14-7-5-13(6-8-14)12(3)17/h1,5-8,11H,9-10H2,2-3H3,(H,18,19). The van der Waals surface area contributed by atoms with Gasteiger partial charge in [0.15, 0.2) is 5.78 Å². The highest BCUT2D eigenvalue weighted by Crippen LogP contribution is 2.17. The molecule has 4 heteroatoms. The summed E-state index contributed by atoms with van der Waals surface area (Å²) >= 11 is 0. The van der Waals surface area contributed by atoms with Crippen molar-refractivity contribution in [1.82, 2.24) is 0 Å². The van der Waals surface area contributed by atoms with Crippen LogP contribution in [0.5, 0.6) is 0 Å². The van der Waals surface area contributed by atoms with Gasteiger partial charge in [-0.15, -0.1) is 6.42 Å². The molecule has 0 fully saturated rings. The summed E-state index contributed by atoms with van der Waals surface area (Å²) < 4.78 is 0. The average Bonchev–Trinajstić information content (AvgIpc) is 2.38. The third-order valence-corrected chi connectivity index (χ3v) is 2.84. The van der Waals surface area contributed by atoms with Gasteiger partial charge in [0.05, 0.1) is 12.5 Å². The van der Waals surface area contributed by atoms with Crippen LogP contribution < -0.4 is 4.90 Å². The molecule has 0 amide bonds. The van der Waals surface area contributed by atoms with E-state index < -0.39 is 11.9 Å². The lowest BCUT2D eigenvalue weighted by Crippen LogP contribution is -2.32. The zero-order valence-corrected chi connectivity index (χ0v) is 11.1. The van der Waals surface area contributed by atoms with Crippen LogP contribution in [0.25, 0.3) is 0 Å². The van der Waals surface area contributed by atoms with Crippen molar-refractivity contribution in [3.63, 3.8) is 0 Å². The number of hydrogen-bond donors (Lipinski definition) is 1. The molecule has 1 aromatic carbocycles. The first-order valence-corrected chi connectivity index (χ1v) is 5.98. The second kappa shape index (κ2) is 6.60. The zero-order chi connectivity index (χ0) is 14.4. The second-order valence-electron chi connectivity index (χ2n) is 4.43. The number of carboxylic acids is 1. The van der Waals surface area contributed by atoms with Crippen molar-refractivity contribution in [2.24, 2.45) is 5.92 Å². The molecule has 0 aromatic heterocycles. The third-order valence-electron chi connectivity index (χ3n) is 2.84. The van der Waals surface area contributed by atoms with E-state index in [2.05, 4.69) is 5.92 Å². The monoisotopic (exact) mass is 259 g/mol. The summed E-state index contributed by atoms with van der Waals surface area (Å²) in [4.78, 5) is 23.9. The molecule has 0 radical (unpaired) electrons. The average molecular weight is 259 g/mol. The number of hydrogen-bond acceptors (Lipinski definition) is 3. The van der Waals surface area contributed by atoms with E-state index in [1.54, 1.807) is 31.2 Å². The molecule has 0 aliphatic heterocycles. The van der Waals surface area contributed by atoms with Crippen LogP contribution in [-0.2, 0) is 4.79 Å². The Morgan fingerprint density at radius 3 is 2.37 bits per heavy atom. The maximum absolute atomic E-state index is 11.2. The zero-order valence-electron chi connectivity index (χ0n) is 11.1. The quantitative estimate of drug-likeness (QED) is 0.627. The van der Waals surface area contributed by atoms with Gasteiger partial charge in [0.2, 0.25) is 0 Å². The smallest absolute Gasteiger partial charge is 0.308 e. The van der Waals surface area contributed by atoms with Crippen molar-refractivity contribution in [1.29, 1.82) is 0 Å². The Morgan fingerprint density at radius 2 is 1.95 bits per heavy atom. The lowest BCUT2D eigenvalue weighted by molar-refractivity contribution is -0.140. The Balaban J connectivity index is 2.90. The van der Waals surface area contributed by atoms with E-state index in [4.69, 9.17) is 11.5 Å². The maximum atomic E-state index is 11.2. The van der Waals surface area contributed by atoms with Crippen LogP contribution in [0.4, 0.5) is 5.69 Å². The molecular formula is C15H17NO3. The molecule has 0 spiro atoms. The van der Waals surface area contributed by atoms with E-state index >= 15 is 0 Å². The summed E-state index contributed by atoms with van der Waals surface area (Å²) in [7, 11) is 0. The number of carbonyl (C=O) groups excluding carboxylic acids is 1. The summed E-state index contributed by atoms with van der Waals surface area (Å²) in [5.74, 6) is 1.14. The minimum atomic E-state index is -0.859. The highest BCUT2D eigenvalue weighted by molar-refractivity contribution is 5.94. The molecule has 0 saturated carbocycles. The van der Waals surface area contributed by atoms with Crippen LogP contribution in [0.15, 0.2) is 24.3 Å². The van der Waals surface area contributed by atoms with Crippen molar-refractivity contribution in [2.45, 2.75) is 13.8 Å². The number of Topliss-reactive ketones (excluding diaryl/α,β-unsaturated/α-hetero) is 1. The maximum Gasteiger partial charge on any atom is 0.308 e. The number of terminal acetylenes is 1. The van der Waals surface area contributed by atoms with Gasteiger partial charge in [-0.1, -0.05) is 12.8 Å². The Bertz CT molecular complexity index is 499. The van der Waals surface area contributed by atoms with Crippen molar-refractivity contribution >= 4 is 17.4 Å². The van der Waals surface area contributed by atoms with E-state index in [0.717, 1.165) is 5.69 Å². The van der Waals surface area contributed by atoms with Crippen LogP contribution in [0.1, 0.15) is 24.2 Å². The van der Waals surface area contributed by atoms with Gasteiger partial charge >= 0.3 is 5.97 Å². The van der Waals surface area contributed by atoms with Gasteiger partial charge in [-0.3, -0.25) is 9.59 Å². The van der Waals surface area contributed by atoms with Gasteiger partial charge in [0.1, 0.15) is 0 Å². The predicted molar refractivity (Wildman–Crippen MR) is 74.3 cm³/mol. The van der Waals surface area contributed by atoms with Gasteiger partial charge < -0.3 is 10.0 Å². The molecule has 1 N–H and O–H groups in total. The molecule has 1 aromatic rings. The first-order valence-electron chi connectivity index (χ1n) is 5.98. The summed E-state index contributed by atoms with van der Waals surface area (Å²) in [6.45, 7) is 3.80. The Kier molecular flexibility index (Phi) is 5.13. The summed E-state index contributed by atoms with van der Waals surface area (Å²) in [5, 5.41) is 8.94. The Hall–Kier alpha value is -2.28. The van der Waals surface area contributed by atoms with Gasteiger partial charge in [0.25, 0.3) is 0 Å². The first kappa shape index (κ1) is 14.8. The van der Waals surface area contributed by atoms with Crippen LogP contribution in [0, 0.1) is 18.3 Å². The van der Waals surface area contributed by atoms with Gasteiger partial charge in [-0.2, -0.15) is 0 Å². The Morgan fingerprint density at radius 1 is 1.37 bits per heavy atom. The van der Waals surface area contributed by atoms with Crippen molar-refractivity contribution in [3.8, 4) is 12.3 Å². The number of rotatable bonds is 6. The third kappa shape index (κ3) is 4.14. The number of nitrogens with zero attached hydrogens (tertiary/aromatic N) is 1. The van der Waals surface area contributed by atoms with Crippen molar-refractivity contribution in [3.05, 3.63) is 29.8 Å². The largest absolute Gasteiger partial charge is 0.481 e. The number of benzene rings is 1. The van der Waals surface area contributed by atoms with Crippen LogP contribution in [-0.4, -0.2) is 29.9 Å². The highest BCUT2D eigenvalue weighted by atomic mass is 16.4.